The lowest BCUT2D eigenvalue weighted by atomic mass is 10.3. The molecule has 0 fully saturated rings. The van der Waals surface area contributed by atoms with Crippen LogP contribution in [-0.4, -0.2) is 40.5 Å². The van der Waals surface area contributed by atoms with Gasteiger partial charge in [-0.05, 0) is 72.8 Å². The highest BCUT2D eigenvalue weighted by molar-refractivity contribution is 7.92. The molecule has 4 rings (SSSR count). The van der Waals surface area contributed by atoms with Gasteiger partial charge in [0.1, 0.15) is 18.0 Å². The van der Waals surface area contributed by atoms with Gasteiger partial charge >= 0.3 is 0 Å². The highest BCUT2D eigenvalue weighted by Crippen LogP contribution is 2.26. The van der Waals surface area contributed by atoms with E-state index >= 15 is 0 Å². The van der Waals surface area contributed by atoms with Gasteiger partial charge < -0.3 is 10.1 Å². The van der Waals surface area contributed by atoms with Crippen LogP contribution in [0.4, 0.5) is 17.1 Å². The van der Waals surface area contributed by atoms with Gasteiger partial charge in [-0.2, -0.15) is 0 Å². The van der Waals surface area contributed by atoms with Crippen LogP contribution in [0, 0.1) is 0 Å². The summed E-state index contributed by atoms with van der Waals surface area (Å²) in [6, 6.07) is 24.1. The van der Waals surface area contributed by atoms with Gasteiger partial charge in [0.05, 0.1) is 28.7 Å². The first-order chi connectivity index (χ1) is 18.1. The number of nitrogens with zero attached hydrogens (tertiary/aromatic N) is 2. The molecule has 1 aromatic heterocycles. The second-order valence-corrected chi connectivity index (χ2v) is 11.7. The zero-order valence-corrected chi connectivity index (χ0v) is 21.8. The fraction of sp³-hybridized carbons (Fsp3) is 0.0769. The van der Waals surface area contributed by atoms with Crippen LogP contribution in [0.5, 0.6) is 11.5 Å². The molecule has 196 valence electrons. The molecule has 3 aromatic carbocycles. The number of rotatable bonds is 10. The Labute approximate surface area is 221 Å². The zero-order valence-electron chi connectivity index (χ0n) is 20.2. The number of nitrogens with one attached hydrogen (secondary N) is 2. The molecule has 0 unspecified atom stereocenters. The van der Waals surface area contributed by atoms with E-state index in [1.807, 2.05) is 18.2 Å². The van der Waals surface area contributed by atoms with E-state index in [9.17, 15) is 21.6 Å². The molecule has 10 nitrogen and oxygen atoms in total. The maximum Gasteiger partial charge on any atom is 0.261 e. The number of anilines is 3. The Bertz CT molecular complexity index is 1600. The van der Waals surface area contributed by atoms with Gasteiger partial charge in [0.15, 0.2) is 0 Å². The Morgan fingerprint density at radius 2 is 1.47 bits per heavy atom. The fourth-order valence-corrected chi connectivity index (χ4v) is 5.29. The largest absolute Gasteiger partial charge is 0.457 e. The number of carbonyl (C=O) groups excluding carboxylic acids is 1. The SMILES string of the molecule is CS(=O)(=O)N(CC(=O)Nc1ccc(S(=O)(=O)Nc2cccnc2)cc1)c1ccc(Oc2ccccc2)cc1. The van der Waals surface area contributed by atoms with Gasteiger partial charge in [0.2, 0.25) is 15.9 Å². The molecule has 2 N–H and O–H groups in total. The summed E-state index contributed by atoms with van der Waals surface area (Å²) in [7, 11) is -7.65. The summed E-state index contributed by atoms with van der Waals surface area (Å²) >= 11 is 0. The van der Waals surface area contributed by atoms with E-state index < -0.39 is 32.5 Å². The van der Waals surface area contributed by atoms with E-state index in [0.717, 1.165) is 10.6 Å². The van der Waals surface area contributed by atoms with Gasteiger partial charge in [0.25, 0.3) is 10.0 Å². The predicted octanol–water partition coefficient (Wildman–Crippen LogP) is 4.08. The van der Waals surface area contributed by atoms with Crippen molar-refractivity contribution in [2.24, 2.45) is 0 Å². The number of pyridine rings is 1. The van der Waals surface area contributed by atoms with Crippen LogP contribution in [0.15, 0.2) is 108 Å². The third-order valence-corrected chi connectivity index (χ3v) is 7.69. The maximum atomic E-state index is 12.7. The molecule has 0 aliphatic heterocycles. The normalized spacial score (nSPS) is 11.4. The minimum atomic E-state index is -3.86. The van der Waals surface area contributed by atoms with Crippen LogP contribution in [0.3, 0.4) is 0 Å². The molecule has 0 spiro atoms. The van der Waals surface area contributed by atoms with E-state index in [2.05, 4.69) is 15.0 Å². The highest BCUT2D eigenvalue weighted by atomic mass is 32.2. The number of aromatic nitrogens is 1. The topological polar surface area (TPSA) is 135 Å². The van der Waals surface area contributed by atoms with Crippen LogP contribution >= 0.6 is 0 Å². The van der Waals surface area contributed by atoms with Crippen molar-refractivity contribution < 1.29 is 26.4 Å². The number of para-hydroxylation sites is 1. The van der Waals surface area contributed by atoms with Crippen LogP contribution in [-0.2, 0) is 24.8 Å². The predicted molar refractivity (Wildman–Crippen MR) is 145 cm³/mol. The third-order valence-electron chi connectivity index (χ3n) is 5.15. The van der Waals surface area contributed by atoms with E-state index in [1.165, 1.54) is 36.7 Å². The first-order valence-corrected chi connectivity index (χ1v) is 14.6. The molecule has 0 saturated heterocycles. The fourth-order valence-electron chi connectivity index (χ4n) is 3.39. The van der Waals surface area contributed by atoms with Crippen molar-refractivity contribution in [2.45, 2.75) is 4.90 Å². The van der Waals surface area contributed by atoms with Gasteiger partial charge in [-0.1, -0.05) is 18.2 Å². The van der Waals surface area contributed by atoms with Gasteiger partial charge in [-0.15, -0.1) is 0 Å². The molecule has 1 heterocycles. The molecular weight excluding hydrogens is 528 g/mol. The molecule has 0 bridgehead atoms. The number of hydrogen-bond donors (Lipinski definition) is 2. The molecule has 0 radical (unpaired) electrons. The average molecular weight is 553 g/mol. The van der Waals surface area contributed by atoms with Crippen molar-refractivity contribution in [3.8, 4) is 11.5 Å². The molecule has 0 atom stereocenters. The zero-order chi connectivity index (χ0) is 27.2. The molecule has 38 heavy (non-hydrogen) atoms. The number of ether oxygens (including phenoxy) is 1. The van der Waals surface area contributed by atoms with E-state index in [1.54, 1.807) is 48.5 Å². The first-order valence-electron chi connectivity index (χ1n) is 11.2. The van der Waals surface area contributed by atoms with Crippen molar-refractivity contribution in [1.29, 1.82) is 0 Å². The monoisotopic (exact) mass is 552 g/mol. The van der Waals surface area contributed by atoms with E-state index in [-0.39, 0.29) is 10.6 Å². The van der Waals surface area contributed by atoms with Crippen molar-refractivity contribution in [1.82, 2.24) is 4.98 Å². The van der Waals surface area contributed by atoms with Crippen molar-refractivity contribution >= 4 is 43.0 Å². The molecule has 1 amide bonds. The number of amides is 1. The smallest absolute Gasteiger partial charge is 0.261 e. The lowest BCUT2D eigenvalue weighted by Gasteiger charge is -2.22. The minimum absolute atomic E-state index is 0.0186. The van der Waals surface area contributed by atoms with Gasteiger partial charge in [-0.25, -0.2) is 16.8 Å². The summed E-state index contributed by atoms with van der Waals surface area (Å²) in [4.78, 5) is 16.5. The minimum Gasteiger partial charge on any atom is -0.457 e. The summed E-state index contributed by atoms with van der Waals surface area (Å²) in [5.41, 5.74) is 0.895. The average Bonchev–Trinajstić information content (AvgIpc) is 2.88. The molecule has 0 aliphatic rings. The molecule has 4 aromatic rings. The Morgan fingerprint density at radius 1 is 0.816 bits per heavy atom. The van der Waals surface area contributed by atoms with Gasteiger partial charge in [-0.3, -0.25) is 18.8 Å². The molecule has 0 aliphatic carbocycles. The van der Waals surface area contributed by atoms with Crippen LogP contribution in [0.1, 0.15) is 0 Å². The second kappa shape index (κ2) is 11.3. The quantitative estimate of drug-likeness (QED) is 0.303. The highest BCUT2D eigenvalue weighted by Gasteiger charge is 2.21. The van der Waals surface area contributed by atoms with E-state index in [4.69, 9.17) is 4.74 Å². The number of benzene rings is 3. The number of sulfonamides is 2. The molecular formula is C26H24N4O6S2. The third kappa shape index (κ3) is 7.08. The Morgan fingerprint density at radius 3 is 2.08 bits per heavy atom. The second-order valence-electron chi connectivity index (χ2n) is 8.10. The maximum absolute atomic E-state index is 12.7. The Kier molecular flexibility index (Phi) is 7.93. The van der Waals surface area contributed by atoms with Crippen molar-refractivity contribution in [3.05, 3.63) is 103 Å². The molecule has 12 heteroatoms. The van der Waals surface area contributed by atoms with Gasteiger partial charge in [0, 0.05) is 11.9 Å². The van der Waals surface area contributed by atoms with Crippen LogP contribution in [0.2, 0.25) is 0 Å². The van der Waals surface area contributed by atoms with Crippen LogP contribution < -0.4 is 19.1 Å². The number of hydrogen-bond acceptors (Lipinski definition) is 7. The summed E-state index contributed by atoms with van der Waals surface area (Å²) in [6.45, 7) is -0.486. The van der Waals surface area contributed by atoms with Crippen molar-refractivity contribution in [2.75, 3.05) is 27.1 Å². The standard InChI is InChI=1S/C26H24N4O6S2/c1-37(32,33)30(22-11-13-24(14-12-22)36-23-7-3-2-4-8-23)19-26(31)28-20-9-15-25(16-10-20)38(34,35)29-21-6-5-17-27-18-21/h2-18,29H,19H2,1H3,(H,28,31). The summed E-state index contributed by atoms with van der Waals surface area (Å²) in [5, 5.41) is 2.59. The summed E-state index contributed by atoms with van der Waals surface area (Å²) < 4.78 is 59.1. The van der Waals surface area contributed by atoms with E-state index in [0.29, 0.717) is 22.9 Å². The number of carbonyl (C=O) groups is 1. The molecule has 0 saturated carbocycles. The lowest BCUT2D eigenvalue weighted by Crippen LogP contribution is -2.37. The van der Waals surface area contributed by atoms with Crippen molar-refractivity contribution in [3.63, 3.8) is 0 Å². The Balaban J connectivity index is 1.42. The summed E-state index contributed by atoms with van der Waals surface area (Å²) in [6.07, 6.45) is 3.91. The van der Waals surface area contributed by atoms with Crippen LogP contribution in [0.25, 0.3) is 0 Å². The Hall–Kier alpha value is -4.42. The first kappa shape index (κ1) is 26.6. The summed E-state index contributed by atoms with van der Waals surface area (Å²) in [5.74, 6) is 0.529. The lowest BCUT2D eigenvalue weighted by molar-refractivity contribution is -0.114.